The van der Waals surface area contributed by atoms with Crippen LogP contribution in [0.15, 0.2) is 0 Å². The SMILES string of the molecule is CCCC(C)CNC(C)(C)C(N)=O. The molecule has 13 heavy (non-hydrogen) atoms. The summed E-state index contributed by atoms with van der Waals surface area (Å²) in [6.45, 7) is 8.81. The standard InChI is InChI=1S/C10H22N2O/c1-5-6-8(2)7-12-10(3,4)9(11)13/h8,12H,5-7H2,1-4H3,(H2,11,13). The summed E-state index contributed by atoms with van der Waals surface area (Å²) >= 11 is 0. The zero-order chi connectivity index (χ0) is 10.5. The van der Waals surface area contributed by atoms with Gasteiger partial charge in [0.25, 0.3) is 0 Å². The van der Waals surface area contributed by atoms with Gasteiger partial charge >= 0.3 is 0 Å². The molecule has 3 heteroatoms. The zero-order valence-electron chi connectivity index (χ0n) is 9.18. The van der Waals surface area contributed by atoms with Crippen molar-refractivity contribution in [1.82, 2.24) is 5.32 Å². The van der Waals surface area contributed by atoms with E-state index in [1.165, 1.54) is 12.8 Å². The summed E-state index contributed by atoms with van der Waals surface area (Å²) in [5.41, 5.74) is 4.65. The van der Waals surface area contributed by atoms with Crippen molar-refractivity contribution < 1.29 is 4.79 Å². The Morgan fingerprint density at radius 3 is 2.46 bits per heavy atom. The van der Waals surface area contributed by atoms with E-state index in [-0.39, 0.29) is 5.91 Å². The maximum atomic E-state index is 11.0. The van der Waals surface area contributed by atoms with Gasteiger partial charge in [0.05, 0.1) is 5.54 Å². The number of amides is 1. The van der Waals surface area contributed by atoms with Gasteiger partial charge in [-0.3, -0.25) is 4.79 Å². The van der Waals surface area contributed by atoms with Crippen molar-refractivity contribution in [3.05, 3.63) is 0 Å². The van der Waals surface area contributed by atoms with Gasteiger partial charge in [-0.25, -0.2) is 0 Å². The maximum absolute atomic E-state index is 11.0. The normalized spacial score (nSPS) is 14.2. The van der Waals surface area contributed by atoms with Gasteiger partial charge in [0.1, 0.15) is 0 Å². The highest BCUT2D eigenvalue weighted by Crippen LogP contribution is 2.06. The Labute approximate surface area is 81.1 Å². The van der Waals surface area contributed by atoms with Gasteiger partial charge in [-0.05, 0) is 32.7 Å². The molecule has 0 aromatic heterocycles. The summed E-state index contributed by atoms with van der Waals surface area (Å²) in [5.74, 6) is 0.305. The van der Waals surface area contributed by atoms with Gasteiger partial charge in [-0.1, -0.05) is 20.3 Å². The smallest absolute Gasteiger partial charge is 0.237 e. The molecule has 78 valence electrons. The second-order valence-corrected chi connectivity index (χ2v) is 4.26. The first-order valence-electron chi connectivity index (χ1n) is 4.95. The molecule has 0 rings (SSSR count). The van der Waals surface area contributed by atoms with E-state index in [0.717, 1.165) is 6.54 Å². The van der Waals surface area contributed by atoms with E-state index in [1.807, 2.05) is 13.8 Å². The fraction of sp³-hybridized carbons (Fsp3) is 0.900. The molecule has 3 N–H and O–H groups in total. The number of carbonyl (C=O) groups is 1. The first-order chi connectivity index (χ1) is 5.90. The van der Waals surface area contributed by atoms with Crippen LogP contribution in [0.2, 0.25) is 0 Å². The number of hydrogen-bond donors (Lipinski definition) is 2. The van der Waals surface area contributed by atoms with Crippen LogP contribution < -0.4 is 11.1 Å². The predicted octanol–water partition coefficient (Wildman–Crippen LogP) is 1.28. The van der Waals surface area contributed by atoms with Gasteiger partial charge in [-0.2, -0.15) is 0 Å². The molecule has 0 aromatic rings. The lowest BCUT2D eigenvalue weighted by molar-refractivity contribution is -0.123. The summed E-state index contributed by atoms with van der Waals surface area (Å²) in [5, 5.41) is 3.17. The number of hydrogen-bond acceptors (Lipinski definition) is 2. The molecule has 0 fully saturated rings. The lowest BCUT2D eigenvalue weighted by Gasteiger charge is -2.24. The van der Waals surface area contributed by atoms with Crippen LogP contribution >= 0.6 is 0 Å². The van der Waals surface area contributed by atoms with Gasteiger partial charge in [0.2, 0.25) is 5.91 Å². The lowest BCUT2D eigenvalue weighted by atomic mass is 10.0. The van der Waals surface area contributed by atoms with Crippen LogP contribution in [-0.4, -0.2) is 18.0 Å². The molecule has 0 radical (unpaired) electrons. The van der Waals surface area contributed by atoms with Gasteiger partial charge < -0.3 is 11.1 Å². The molecular formula is C10H22N2O. The monoisotopic (exact) mass is 186 g/mol. The highest BCUT2D eigenvalue weighted by atomic mass is 16.1. The minimum absolute atomic E-state index is 0.295. The van der Waals surface area contributed by atoms with E-state index in [2.05, 4.69) is 19.2 Å². The predicted molar refractivity (Wildman–Crippen MR) is 55.3 cm³/mol. The summed E-state index contributed by atoms with van der Waals surface area (Å²) in [6.07, 6.45) is 2.36. The van der Waals surface area contributed by atoms with Crippen molar-refractivity contribution in [2.24, 2.45) is 11.7 Å². The Bertz CT molecular complexity index is 166. The average molecular weight is 186 g/mol. The molecule has 0 bridgehead atoms. The van der Waals surface area contributed by atoms with Crippen molar-refractivity contribution >= 4 is 5.91 Å². The van der Waals surface area contributed by atoms with Gasteiger partial charge in [0.15, 0.2) is 0 Å². The molecule has 0 heterocycles. The van der Waals surface area contributed by atoms with E-state index in [4.69, 9.17) is 5.73 Å². The minimum atomic E-state index is -0.581. The second kappa shape index (κ2) is 5.22. The third-order valence-electron chi connectivity index (χ3n) is 2.29. The van der Waals surface area contributed by atoms with Gasteiger partial charge in [-0.15, -0.1) is 0 Å². The molecule has 0 aliphatic heterocycles. The summed E-state index contributed by atoms with van der Waals surface area (Å²) in [4.78, 5) is 11.0. The summed E-state index contributed by atoms with van der Waals surface area (Å²) in [7, 11) is 0. The quantitative estimate of drug-likeness (QED) is 0.656. The fourth-order valence-electron chi connectivity index (χ4n) is 1.11. The van der Waals surface area contributed by atoms with Crippen molar-refractivity contribution in [2.45, 2.75) is 46.1 Å². The molecule has 0 aromatic carbocycles. The third kappa shape index (κ3) is 4.88. The third-order valence-corrected chi connectivity index (χ3v) is 2.29. The number of primary amides is 1. The second-order valence-electron chi connectivity index (χ2n) is 4.26. The van der Waals surface area contributed by atoms with Crippen LogP contribution in [0.1, 0.15) is 40.5 Å². The molecule has 0 aliphatic rings. The van der Waals surface area contributed by atoms with E-state index in [0.29, 0.717) is 5.92 Å². The van der Waals surface area contributed by atoms with E-state index in [9.17, 15) is 4.79 Å². The maximum Gasteiger partial charge on any atom is 0.237 e. The van der Waals surface area contributed by atoms with Crippen molar-refractivity contribution in [2.75, 3.05) is 6.54 Å². The Kier molecular flexibility index (Phi) is 4.99. The Balaban J connectivity index is 3.80. The van der Waals surface area contributed by atoms with Crippen molar-refractivity contribution in [3.8, 4) is 0 Å². The number of rotatable bonds is 6. The van der Waals surface area contributed by atoms with Gasteiger partial charge in [0, 0.05) is 0 Å². The molecule has 1 atom stereocenters. The fourth-order valence-corrected chi connectivity index (χ4v) is 1.11. The molecule has 0 spiro atoms. The van der Waals surface area contributed by atoms with Crippen LogP contribution in [0.3, 0.4) is 0 Å². The van der Waals surface area contributed by atoms with Crippen LogP contribution in [0.25, 0.3) is 0 Å². The molecule has 3 nitrogen and oxygen atoms in total. The zero-order valence-corrected chi connectivity index (χ0v) is 9.18. The van der Waals surface area contributed by atoms with Crippen LogP contribution in [0, 0.1) is 5.92 Å². The Hall–Kier alpha value is -0.570. The lowest BCUT2D eigenvalue weighted by Crippen LogP contribution is -2.51. The molecule has 0 aliphatic carbocycles. The highest BCUT2D eigenvalue weighted by Gasteiger charge is 2.23. The number of carbonyl (C=O) groups excluding carboxylic acids is 1. The van der Waals surface area contributed by atoms with E-state index < -0.39 is 5.54 Å². The van der Waals surface area contributed by atoms with E-state index in [1.54, 1.807) is 0 Å². The highest BCUT2D eigenvalue weighted by molar-refractivity contribution is 5.83. The van der Waals surface area contributed by atoms with Crippen molar-refractivity contribution in [3.63, 3.8) is 0 Å². The minimum Gasteiger partial charge on any atom is -0.368 e. The number of nitrogens with two attached hydrogens (primary N) is 1. The van der Waals surface area contributed by atoms with Crippen LogP contribution in [0.4, 0.5) is 0 Å². The van der Waals surface area contributed by atoms with Crippen LogP contribution in [-0.2, 0) is 4.79 Å². The van der Waals surface area contributed by atoms with Crippen molar-refractivity contribution in [1.29, 1.82) is 0 Å². The summed E-state index contributed by atoms with van der Waals surface area (Å²) < 4.78 is 0. The largest absolute Gasteiger partial charge is 0.368 e. The first-order valence-corrected chi connectivity index (χ1v) is 4.95. The molecule has 1 unspecified atom stereocenters. The average Bonchev–Trinajstić information content (AvgIpc) is 2.01. The number of nitrogens with one attached hydrogen (secondary N) is 1. The Morgan fingerprint density at radius 2 is 2.08 bits per heavy atom. The van der Waals surface area contributed by atoms with E-state index >= 15 is 0 Å². The van der Waals surface area contributed by atoms with Crippen LogP contribution in [0.5, 0.6) is 0 Å². The molecule has 0 saturated heterocycles. The topological polar surface area (TPSA) is 55.1 Å². The Morgan fingerprint density at radius 1 is 1.54 bits per heavy atom. The first kappa shape index (κ1) is 12.4. The molecule has 1 amide bonds. The molecule has 0 saturated carbocycles. The molecular weight excluding hydrogens is 164 g/mol. The summed E-state index contributed by atoms with van der Waals surface area (Å²) in [6, 6.07) is 0.